The number of fused-ring (bicyclic) bond motifs is 6. The zero-order valence-corrected chi connectivity index (χ0v) is 19.4. The summed E-state index contributed by atoms with van der Waals surface area (Å²) in [7, 11) is 0. The van der Waals surface area contributed by atoms with Gasteiger partial charge in [0.25, 0.3) is 0 Å². The smallest absolute Gasteiger partial charge is 0.159 e. The molecule has 0 fully saturated rings. The fraction of sp³-hybridized carbons (Fsp3) is 0.0303. The summed E-state index contributed by atoms with van der Waals surface area (Å²) < 4.78 is 6.54. The molecule has 2 heteroatoms. The van der Waals surface area contributed by atoms with Gasteiger partial charge in [0, 0.05) is 22.0 Å². The van der Waals surface area contributed by atoms with Crippen molar-refractivity contribution in [2.75, 3.05) is 5.32 Å². The van der Waals surface area contributed by atoms with Crippen LogP contribution >= 0.6 is 0 Å². The first-order chi connectivity index (χ1) is 17.3. The third kappa shape index (κ3) is 3.18. The largest absolute Gasteiger partial charge is 0.454 e. The van der Waals surface area contributed by atoms with Crippen LogP contribution in [-0.2, 0) is 0 Å². The average molecular weight is 450 g/mol. The van der Waals surface area contributed by atoms with E-state index >= 15 is 0 Å². The number of furan rings is 1. The summed E-state index contributed by atoms with van der Waals surface area (Å²) in [6.07, 6.45) is 0. The quantitative estimate of drug-likeness (QED) is 0.290. The molecule has 0 saturated heterocycles. The molecule has 7 rings (SSSR count). The van der Waals surface area contributed by atoms with E-state index in [1.807, 2.05) is 0 Å². The Labute approximate surface area is 203 Å². The summed E-state index contributed by atoms with van der Waals surface area (Å²) in [6, 6.07) is 40.7. The Bertz CT molecular complexity index is 1890. The lowest BCUT2D eigenvalue weighted by Crippen LogP contribution is -1.94. The van der Waals surface area contributed by atoms with Crippen LogP contribution in [0.3, 0.4) is 0 Å². The van der Waals surface area contributed by atoms with Gasteiger partial charge in [-0.25, -0.2) is 0 Å². The molecule has 166 valence electrons. The van der Waals surface area contributed by atoms with E-state index in [4.69, 9.17) is 4.42 Å². The van der Waals surface area contributed by atoms with Crippen LogP contribution in [0, 0.1) is 6.92 Å². The maximum atomic E-state index is 6.54. The van der Waals surface area contributed by atoms with E-state index in [2.05, 4.69) is 128 Å². The topological polar surface area (TPSA) is 25.2 Å². The van der Waals surface area contributed by atoms with Crippen molar-refractivity contribution in [2.24, 2.45) is 0 Å². The molecule has 0 aliphatic rings. The number of para-hydroxylation sites is 2. The number of anilines is 2. The summed E-state index contributed by atoms with van der Waals surface area (Å²) in [5, 5.41) is 10.9. The van der Waals surface area contributed by atoms with Gasteiger partial charge < -0.3 is 9.73 Å². The van der Waals surface area contributed by atoms with Gasteiger partial charge in [0.05, 0.1) is 5.69 Å². The minimum absolute atomic E-state index is 0.890. The third-order valence-electron chi connectivity index (χ3n) is 6.94. The van der Waals surface area contributed by atoms with Gasteiger partial charge in [0.1, 0.15) is 5.58 Å². The molecule has 0 bridgehead atoms. The Balaban J connectivity index is 1.45. The maximum Gasteiger partial charge on any atom is 0.159 e. The van der Waals surface area contributed by atoms with Crippen molar-refractivity contribution in [3.05, 3.63) is 121 Å². The van der Waals surface area contributed by atoms with E-state index in [1.54, 1.807) is 0 Å². The summed E-state index contributed by atoms with van der Waals surface area (Å²) in [5.41, 5.74) is 7.35. The van der Waals surface area contributed by atoms with Gasteiger partial charge in [-0.3, -0.25) is 0 Å². The highest BCUT2D eigenvalue weighted by molar-refractivity contribution is 6.22. The van der Waals surface area contributed by atoms with E-state index in [0.717, 1.165) is 44.4 Å². The van der Waals surface area contributed by atoms with Gasteiger partial charge in [-0.15, -0.1) is 0 Å². The van der Waals surface area contributed by atoms with E-state index in [1.165, 1.54) is 27.1 Å². The molecule has 1 aromatic heterocycles. The van der Waals surface area contributed by atoms with Crippen LogP contribution in [0.2, 0.25) is 0 Å². The summed E-state index contributed by atoms with van der Waals surface area (Å²) in [5.74, 6) is 0. The molecule has 7 aromatic rings. The molecule has 35 heavy (non-hydrogen) atoms. The van der Waals surface area contributed by atoms with E-state index in [-0.39, 0.29) is 0 Å². The zero-order chi connectivity index (χ0) is 23.4. The average Bonchev–Trinajstić information content (AvgIpc) is 3.31. The van der Waals surface area contributed by atoms with Crippen molar-refractivity contribution in [1.29, 1.82) is 0 Å². The second-order valence-electron chi connectivity index (χ2n) is 9.14. The Morgan fingerprint density at radius 3 is 2.20 bits per heavy atom. The van der Waals surface area contributed by atoms with Gasteiger partial charge in [-0.2, -0.15) is 0 Å². The van der Waals surface area contributed by atoms with Crippen molar-refractivity contribution in [3.8, 4) is 11.1 Å². The summed E-state index contributed by atoms with van der Waals surface area (Å²) in [6.45, 7) is 2.11. The molecule has 0 radical (unpaired) electrons. The molecule has 0 aliphatic heterocycles. The number of aryl methyl sites for hydroxylation is 1. The lowest BCUT2D eigenvalue weighted by Gasteiger charge is -2.14. The van der Waals surface area contributed by atoms with E-state index in [0.29, 0.717) is 0 Å². The van der Waals surface area contributed by atoms with Crippen molar-refractivity contribution in [3.63, 3.8) is 0 Å². The molecular formula is C33H23NO. The van der Waals surface area contributed by atoms with Crippen LogP contribution in [0.5, 0.6) is 0 Å². The molecule has 6 aromatic carbocycles. The molecule has 0 unspecified atom stereocenters. The van der Waals surface area contributed by atoms with Crippen LogP contribution in [0.15, 0.2) is 120 Å². The highest BCUT2D eigenvalue weighted by Gasteiger charge is 2.17. The summed E-state index contributed by atoms with van der Waals surface area (Å²) in [4.78, 5) is 0. The van der Waals surface area contributed by atoms with Crippen molar-refractivity contribution in [1.82, 2.24) is 0 Å². The molecule has 0 aliphatic carbocycles. The minimum atomic E-state index is 0.890. The second-order valence-corrected chi connectivity index (χ2v) is 9.14. The van der Waals surface area contributed by atoms with Crippen molar-refractivity contribution in [2.45, 2.75) is 6.92 Å². The Hall–Kier alpha value is -4.56. The molecule has 2 nitrogen and oxygen atoms in total. The van der Waals surface area contributed by atoms with Crippen LogP contribution in [0.4, 0.5) is 11.4 Å². The van der Waals surface area contributed by atoms with Crippen LogP contribution in [0.1, 0.15) is 5.56 Å². The highest BCUT2D eigenvalue weighted by atomic mass is 16.3. The molecule has 1 heterocycles. The number of benzene rings is 6. The fourth-order valence-corrected chi connectivity index (χ4v) is 5.23. The minimum Gasteiger partial charge on any atom is -0.454 e. The van der Waals surface area contributed by atoms with Gasteiger partial charge >= 0.3 is 0 Å². The fourth-order valence-electron chi connectivity index (χ4n) is 5.23. The van der Waals surface area contributed by atoms with Gasteiger partial charge in [-0.1, -0.05) is 97.1 Å². The van der Waals surface area contributed by atoms with Crippen LogP contribution in [-0.4, -0.2) is 0 Å². The molecule has 0 saturated carbocycles. The standard InChI is InChI=1S/C33H23NO/c1-21-9-8-15-28-31-27-14-5-4-12-24(27)20-30(33(31)35-32(21)28)34-29-16-7-6-13-26(29)25-18-17-22-10-2-3-11-23(22)19-25/h2-20,34H,1H3. The number of nitrogens with one attached hydrogen (secondary N) is 1. The van der Waals surface area contributed by atoms with Gasteiger partial charge in [-0.05, 0) is 57.8 Å². The second kappa shape index (κ2) is 7.75. The van der Waals surface area contributed by atoms with Gasteiger partial charge in [0.2, 0.25) is 0 Å². The first-order valence-electron chi connectivity index (χ1n) is 11.9. The highest BCUT2D eigenvalue weighted by Crippen LogP contribution is 2.42. The van der Waals surface area contributed by atoms with E-state index in [9.17, 15) is 0 Å². The Morgan fingerprint density at radius 1 is 0.543 bits per heavy atom. The molecule has 0 atom stereocenters. The Morgan fingerprint density at radius 2 is 1.29 bits per heavy atom. The number of hydrogen-bond acceptors (Lipinski definition) is 2. The normalized spacial score (nSPS) is 11.6. The Kier molecular flexibility index (Phi) is 4.40. The predicted molar refractivity (Wildman–Crippen MR) is 149 cm³/mol. The van der Waals surface area contributed by atoms with Crippen molar-refractivity contribution >= 4 is 54.9 Å². The lowest BCUT2D eigenvalue weighted by atomic mass is 9.99. The zero-order valence-electron chi connectivity index (χ0n) is 19.4. The third-order valence-corrected chi connectivity index (χ3v) is 6.94. The predicted octanol–water partition coefficient (Wildman–Crippen LogP) is 9.61. The molecular weight excluding hydrogens is 426 g/mol. The maximum absolute atomic E-state index is 6.54. The number of hydrogen-bond donors (Lipinski definition) is 1. The SMILES string of the molecule is Cc1cccc2c1oc1c(Nc3ccccc3-c3ccc4ccccc4c3)cc3ccccc3c12. The monoisotopic (exact) mass is 449 g/mol. The van der Waals surface area contributed by atoms with E-state index < -0.39 is 0 Å². The first kappa shape index (κ1) is 19.9. The lowest BCUT2D eigenvalue weighted by molar-refractivity contribution is 0.667. The first-order valence-corrected chi connectivity index (χ1v) is 11.9. The van der Waals surface area contributed by atoms with Crippen LogP contribution < -0.4 is 5.32 Å². The van der Waals surface area contributed by atoms with Crippen LogP contribution in [0.25, 0.3) is 54.6 Å². The van der Waals surface area contributed by atoms with Gasteiger partial charge in [0.15, 0.2) is 5.58 Å². The molecule has 1 N–H and O–H groups in total. The summed E-state index contributed by atoms with van der Waals surface area (Å²) >= 11 is 0. The molecule has 0 spiro atoms. The molecule has 0 amide bonds. The number of rotatable bonds is 3. The van der Waals surface area contributed by atoms with Crippen molar-refractivity contribution < 1.29 is 4.42 Å².